The van der Waals surface area contributed by atoms with Gasteiger partial charge in [0.05, 0.1) is 0 Å². The van der Waals surface area contributed by atoms with Crippen LogP contribution in [0.3, 0.4) is 0 Å². The molecule has 21 heavy (non-hydrogen) atoms. The summed E-state index contributed by atoms with van der Waals surface area (Å²) in [4.78, 5) is 2.87. The van der Waals surface area contributed by atoms with E-state index in [0.29, 0.717) is 18.0 Å². The number of rotatable bonds is 4. The van der Waals surface area contributed by atoms with E-state index in [1.807, 2.05) is 11.3 Å². The van der Waals surface area contributed by atoms with Crippen LogP contribution in [0.15, 0.2) is 34.8 Å². The topological polar surface area (TPSA) is 12.0 Å². The molecule has 3 heteroatoms. The summed E-state index contributed by atoms with van der Waals surface area (Å²) in [5.74, 6) is 0.704. The molecule has 1 atom stereocenters. The Morgan fingerprint density at radius 2 is 1.95 bits per heavy atom. The highest BCUT2D eigenvalue weighted by Gasteiger charge is 2.32. The van der Waals surface area contributed by atoms with Crippen molar-refractivity contribution in [3.05, 3.63) is 55.7 Å². The predicted octanol–water partition coefficient (Wildman–Crippen LogP) is 5.72. The van der Waals surface area contributed by atoms with Crippen molar-refractivity contribution in [1.82, 2.24) is 5.32 Å². The minimum absolute atomic E-state index is 0.458. The smallest absolute Gasteiger partial charge is 0.0305 e. The first-order valence-electron chi connectivity index (χ1n) is 7.62. The largest absolute Gasteiger partial charge is 0.307 e. The third-order valence-corrected chi connectivity index (χ3v) is 6.22. The lowest BCUT2D eigenvalue weighted by molar-refractivity contribution is 0.270. The van der Waals surface area contributed by atoms with Gasteiger partial charge in [-0.2, -0.15) is 0 Å². The van der Waals surface area contributed by atoms with Crippen molar-refractivity contribution >= 4 is 27.3 Å². The number of hydrogen-bond acceptors (Lipinski definition) is 2. The second kappa shape index (κ2) is 6.23. The first-order chi connectivity index (χ1) is 10.0. The van der Waals surface area contributed by atoms with E-state index in [1.165, 1.54) is 38.2 Å². The SMILES string of the molecule is Cc1cc(C(C)NC2CC(c3ccccc3Br)C2)c(C)s1. The Morgan fingerprint density at radius 3 is 2.57 bits per heavy atom. The molecular formula is C18H22BrNS. The first kappa shape index (κ1) is 15.3. The van der Waals surface area contributed by atoms with E-state index in [2.05, 4.69) is 72.3 Å². The Bertz CT molecular complexity index is 628. The van der Waals surface area contributed by atoms with Gasteiger partial charge in [0.1, 0.15) is 0 Å². The second-order valence-electron chi connectivity index (χ2n) is 6.14. The molecule has 0 aliphatic heterocycles. The van der Waals surface area contributed by atoms with Crippen LogP contribution in [0.5, 0.6) is 0 Å². The molecule has 1 aliphatic rings. The number of hydrogen-bond donors (Lipinski definition) is 1. The zero-order valence-electron chi connectivity index (χ0n) is 12.8. The molecule has 1 unspecified atom stereocenters. The lowest BCUT2D eigenvalue weighted by Crippen LogP contribution is -2.41. The average Bonchev–Trinajstić information content (AvgIpc) is 2.73. The van der Waals surface area contributed by atoms with Crippen LogP contribution < -0.4 is 5.32 Å². The molecule has 2 aromatic rings. The van der Waals surface area contributed by atoms with Crippen molar-refractivity contribution in [2.24, 2.45) is 0 Å². The third kappa shape index (κ3) is 3.25. The van der Waals surface area contributed by atoms with E-state index in [4.69, 9.17) is 0 Å². The number of benzene rings is 1. The van der Waals surface area contributed by atoms with Crippen LogP contribution in [-0.4, -0.2) is 6.04 Å². The molecule has 1 nitrogen and oxygen atoms in total. The molecule has 1 aromatic heterocycles. The molecule has 0 radical (unpaired) electrons. The molecule has 1 fully saturated rings. The highest BCUT2D eigenvalue weighted by Crippen LogP contribution is 2.41. The van der Waals surface area contributed by atoms with Gasteiger partial charge in [-0.3, -0.25) is 0 Å². The van der Waals surface area contributed by atoms with Crippen molar-refractivity contribution in [2.75, 3.05) is 0 Å². The molecule has 0 bridgehead atoms. The number of halogens is 1. The van der Waals surface area contributed by atoms with Crippen molar-refractivity contribution in [3.8, 4) is 0 Å². The Balaban J connectivity index is 1.58. The van der Waals surface area contributed by atoms with Crippen molar-refractivity contribution < 1.29 is 0 Å². The lowest BCUT2D eigenvalue weighted by atomic mass is 9.75. The van der Waals surface area contributed by atoms with Crippen LogP contribution in [0.1, 0.15) is 52.6 Å². The maximum Gasteiger partial charge on any atom is 0.0305 e. The van der Waals surface area contributed by atoms with Crippen LogP contribution >= 0.6 is 27.3 Å². The fourth-order valence-corrected chi connectivity index (χ4v) is 4.97. The Morgan fingerprint density at radius 1 is 1.24 bits per heavy atom. The summed E-state index contributed by atoms with van der Waals surface area (Å²) in [5.41, 5.74) is 2.94. The maximum atomic E-state index is 3.80. The highest BCUT2D eigenvalue weighted by atomic mass is 79.9. The molecule has 1 aromatic carbocycles. The number of aryl methyl sites for hydroxylation is 2. The van der Waals surface area contributed by atoms with Gasteiger partial charge in [-0.05, 0) is 62.8 Å². The summed E-state index contributed by atoms with van der Waals surface area (Å²) < 4.78 is 1.26. The van der Waals surface area contributed by atoms with Crippen LogP contribution in [0.25, 0.3) is 0 Å². The maximum absolute atomic E-state index is 3.80. The molecule has 112 valence electrons. The molecule has 1 N–H and O–H groups in total. The predicted molar refractivity (Wildman–Crippen MR) is 95.2 cm³/mol. The summed E-state index contributed by atoms with van der Waals surface area (Å²) in [6.07, 6.45) is 2.49. The normalized spacial score (nSPS) is 22.9. The summed E-state index contributed by atoms with van der Waals surface area (Å²) in [6.45, 7) is 6.72. The molecule has 1 heterocycles. The molecular weight excluding hydrogens is 342 g/mol. The van der Waals surface area contributed by atoms with Gasteiger partial charge in [0.25, 0.3) is 0 Å². The fraction of sp³-hybridized carbons (Fsp3) is 0.444. The zero-order valence-corrected chi connectivity index (χ0v) is 15.2. The van der Waals surface area contributed by atoms with E-state index in [-0.39, 0.29) is 0 Å². The number of thiophene rings is 1. The van der Waals surface area contributed by atoms with Crippen LogP contribution in [0.4, 0.5) is 0 Å². The van der Waals surface area contributed by atoms with Gasteiger partial charge in [-0.25, -0.2) is 0 Å². The van der Waals surface area contributed by atoms with Gasteiger partial charge in [0.2, 0.25) is 0 Å². The Labute approximate surface area is 139 Å². The zero-order chi connectivity index (χ0) is 15.0. The molecule has 1 aliphatic carbocycles. The van der Waals surface area contributed by atoms with Crippen LogP contribution in [-0.2, 0) is 0 Å². The van der Waals surface area contributed by atoms with E-state index >= 15 is 0 Å². The molecule has 3 rings (SSSR count). The Kier molecular flexibility index (Phi) is 4.53. The second-order valence-corrected chi connectivity index (χ2v) is 8.46. The van der Waals surface area contributed by atoms with Crippen molar-refractivity contribution in [1.29, 1.82) is 0 Å². The summed E-state index contributed by atoms with van der Waals surface area (Å²) in [7, 11) is 0. The summed E-state index contributed by atoms with van der Waals surface area (Å²) in [6, 6.07) is 12.1. The monoisotopic (exact) mass is 363 g/mol. The molecule has 0 spiro atoms. The Hall–Kier alpha value is -0.640. The fourth-order valence-electron chi connectivity index (χ4n) is 3.34. The molecule has 1 saturated carbocycles. The summed E-state index contributed by atoms with van der Waals surface area (Å²) >= 11 is 5.58. The van der Waals surface area contributed by atoms with E-state index in [9.17, 15) is 0 Å². The van der Waals surface area contributed by atoms with Gasteiger partial charge in [0.15, 0.2) is 0 Å². The van der Waals surface area contributed by atoms with E-state index in [1.54, 1.807) is 0 Å². The average molecular weight is 364 g/mol. The molecule has 0 saturated heterocycles. The summed E-state index contributed by atoms with van der Waals surface area (Å²) in [5, 5.41) is 3.80. The van der Waals surface area contributed by atoms with Crippen LogP contribution in [0, 0.1) is 13.8 Å². The van der Waals surface area contributed by atoms with Crippen molar-refractivity contribution in [3.63, 3.8) is 0 Å². The van der Waals surface area contributed by atoms with Gasteiger partial charge in [-0.15, -0.1) is 11.3 Å². The standard InChI is InChI=1S/C18H22BrNS/c1-11-8-17(13(3)21-11)12(2)20-15-9-14(10-15)16-6-4-5-7-18(16)19/h4-8,12,14-15,20H,9-10H2,1-3H3. The van der Waals surface area contributed by atoms with Gasteiger partial charge in [0, 0.05) is 26.3 Å². The van der Waals surface area contributed by atoms with Gasteiger partial charge in [-0.1, -0.05) is 34.1 Å². The first-order valence-corrected chi connectivity index (χ1v) is 9.23. The van der Waals surface area contributed by atoms with Crippen molar-refractivity contribution in [2.45, 2.75) is 51.6 Å². The van der Waals surface area contributed by atoms with Gasteiger partial charge < -0.3 is 5.32 Å². The minimum atomic E-state index is 0.458. The number of nitrogens with one attached hydrogen (secondary N) is 1. The lowest BCUT2D eigenvalue weighted by Gasteiger charge is -2.38. The highest BCUT2D eigenvalue weighted by molar-refractivity contribution is 9.10. The molecule has 0 amide bonds. The minimum Gasteiger partial charge on any atom is -0.307 e. The third-order valence-electron chi connectivity index (χ3n) is 4.51. The van der Waals surface area contributed by atoms with Crippen LogP contribution in [0.2, 0.25) is 0 Å². The quantitative estimate of drug-likeness (QED) is 0.731. The van der Waals surface area contributed by atoms with E-state index in [0.717, 1.165) is 0 Å². The van der Waals surface area contributed by atoms with E-state index < -0.39 is 0 Å². The van der Waals surface area contributed by atoms with Gasteiger partial charge >= 0.3 is 0 Å².